The molecule has 1 heterocycles. The van der Waals surface area contributed by atoms with Gasteiger partial charge in [0.15, 0.2) is 11.5 Å². The van der Waals surface area contributed by atoms with Crippen LogP contribution in [0.15, 0.2) is 12.1 Å². The predicted octanol–water partition coefficient (Wildman–Crippen LogP) is 4.20. The molecule has 0 radical (unpaired) electrons. The standard InChI is InChI=1S/C16H24ClNO2/c1-4-11(2)8-14(18-3)12-9-15-16(10-13(12)17)20-7-5-6-19-15/h9-11,14,18H,4-8H2,1-3H3. The number of benzene rings is 1. The summed E-state index contributed by atoms with van der Waals surface area (Å²) in [6, 6.07) is 4.17. The summed E-state index contributed by atoms with van der Waals surface area (Å²) < 4.78 is 11.4. The third-order valence-corrected chi connectivity index (χ3v) is 4.25. The van der Waals surface area contributed by atoms with E-state index in [9.17, 15) is 0 Å². The van der Waals surface area contributed by atoms with E-state index in [0.29, 0.717) is 19.1 Å². The zero-order chi connectivity index (χ0) is 14.5. The van der Waals surface area contributed by atoms with Crippen LogP contribution < -0.4 is 14.8 Å². The minimum atomic E-state index is 0.245. The lowest BCUT2D eigenvalue weighted by Gasteiger charge is -2.22. The number of rotatable bonds is 5. The van der Waals surface area contributed by atoms with Gasteiger partial charge in [0.05, 0.1) is 13.2 Å². The molecule has 0 aromatic heterocycles. The number of nitrogens with one attached hydrogen (secondary N) is 1. The van der Waals surface area contributed by atoms with Crippen LogP contribution >= 0.6 is 11.6 Å². The Hall–Kier alpha value is -0.930. The minimum absolute atomic E-state index is 0.245. The van der Waals surface area contributed by atoms with Gasteiger partial charge in [0.2, 0.25) is 0 Å². The van der Waals surface area contributed by atoms with Gasteiger partial charge in [0.25, 0.3) is 0 Å². The van der Waals surface area contributed by atoms with Crippen molar-refractivity contribution >= 4 is 11.6 Å². The monoisotopic (exact) mass is 297 g/mol. The fraction of sp³-hybridized carbons (Fsp3) is 0.625. The summed E-state index contributed by atoms with van der Waals surface area (Å²) in [5, 5.41) is 4.11. The number of hydrogen-bond acceptors (Lipinski definition) is 3. The fourth-order valence-corrected chi connectivity index (χ4v) is 2.72. The van der Waals surface area contributed by atoms with Crippen molar-refractivity contribution in [3.05, 3.63) is 22.7 Å². The number of fused-ring (bicyclic) bond motifs is 1. The first-order valence-corrected chi connectivity index (χ1v) is 7.79. The van der Waals surface area contributed by atoms with Crippen molar-refractivity contribution in [1.82, 2.24) is 5.32 Å². The first-order valence-electron chi connectivity index (χ1n) is 7.42. The van der Waals surface area contributed by atoms with Crippen LogP contribution in [0.5, 0.6) is 11.5 Å². The zero-order valence-electron chi connectivity index (χ0n) is 12.5. The quantitative estimate of drug-likeness (QED) is 0.883. The lowest BCUT2D eigenvalue weighted by Crippen LogP contribution is -2.19. The lowest BCUT2D eigenvalue weighted by molar-refractivity contribution is 0.297. The molecule has 1 aliphatic rings. The summed E-state index contributed by atoms with van der Waals surface area (Å²) in [5.74, 6) is 2.22. The molecule has 1 N–H and O–H groups in total. The van der Waals surface area contributed by atoms with Crippen LogP contribution in [0.25, 0.3) is 0 Å². The summed E-state index contributed by atoms with van der Waals surface area (Å²) in [7, 11) is 1.98. The Morgan fingerprint density at radius 3 is 2.50 bits per heavy atom. The SMILES string of the molecule is CCC(C)CC(NC)c1cc2c(cc1Cl)OCCCO2. The predicted molar refractivity (Wildman–Crippen MR) is 82.9 cm³/mol. The average molecular weight is 298 g/mol. The van der Waals surface area contributed by atoms with Gasteiger partial charge in [-0.1, -0.05) is 31.9 Å². The Morgan fingerprint density at radius 2 is 1.90 bits per heavy atom. The molecule has 112 valence electrons. The minimum Gasteiger partial charge on any atom is -0.490 e. The molecule has 0 saturated heterocycles. The number of halogens is 1. The van der Waals surface area contributed by atoms with Crippen molar-refractivity contribution in [2.24, 2.45) is 5.92 Å². The van der Waals surface area contributed by atoms with Crippen molar-refractivity contribution in [1.29, 1.82) is 0 Å². The van der Waals surface area contributed by atoms with E-state index in [-0.39, 0.29) is 6.04 Å². The Balaban J connectivity index is 2.28. The second-order valence-corrected chi connectivity index (χ2v) is 5.87. The molecule has 0 spiro atoms. The van der Waals surface area contributed by atoms with E-state index in [2.05, 4.69) is 19.2 Å². The molecule has 2 rings (SSSR count). The maximum atomic E-state index is 6.44. The molecule has 0 saturated carbocycles. The van der Waals surface area contributed by atoms with Gasteiger partial charge in [-0.2, -0.15) is 0 Å². The molecule has 2 unspecified atom stereocenters. The van der Waals surface area contributed by atoms with E-state index in [1.807, 2.05) is 19.2 Å². The summed E-state index contributed by atoms with van der Waals surface area (Å²) in [6.07, 6.45) is 3.14. The smallest absolute Gasteiger partial charge is 0.162 e. The van der Waals surface area contributed by atoms with Gasteiger partial charge in [-0.15, -0.1) is 0 Å². The molecular formula is C16H24ClNO2. The highest BCUT2D eigenvalue weighted by Crippen LogP contribution is 2.38. The van der Waals surface area contributed by atoms with Crippen LogP contribution in [0.4, 0.5) is 0 Å². The van der Waals surface area contributed by atoms with Crippen molar-refractivity contribution in [3.8, 4) is 11.5 Å². The Bertz CT molecular complexity index is 450. The average Bonchev–Trinajstić information content (AvgIpc) is 2.68. The fourth-order valence-electron chi connectivity index (χ4n) is 2.44. The summed E-state index contributed by atoms with van der Waals surface area (Å²) in [4.78, 5) is 0. The zero-order valence-corrected chi connectivity index (χ0v) is 13.3. The van der Waals surface area contributed by atoms with E-state index in [4.69, 9.17) is 21.1 Å². The van der Waals surface area contributed by atoms with E-state index < -0.39 is 0 Å². The van der Waals surface area contributed by atoms with Crippen molar-refractivity contribution < 1.29 is 9.47 Å². The van der Waals surface area contributed by atoms with Crippen molar-refractivity contribution in [2.75, 3.05) is 20.3 Å². The van der Waals surface area contributed by atoms with Crippen LogP contribution in [0, 0.1) is 5.92 Å². The summed E-state index contributed by atoms with van der Waals surface area (Å²) in [6.45, 7) is 5.86. The van der Waals surface area contributed by atoms with Gasteiger partial charge in [-0.25, -0.2) is 0 Å². The molecule has 0 aliphatic carbocycles. The van der Waals surface area contributed by atoms with Crippen LogP contribution in [-0.4, -0.2) is 20.3 Å². The highest BCUT2D eigenvalue weighted by Gasteiger charge is 2.20. The second-order valence-electron chi connectivity index (χ2n) is 5.46. The highest BCUT2D eigenvalue weighted by atomic mass is 35.5. The highest BCUT2D eigenvalue weighted by molar-refractivity contribution is 6.31. The lowest BCUT2D eigenvalue weighted by atomic mass is 9.94. The molecule has 0 amide bonds. The first-order chi connectivity index (χ1) is 9.65. The van der Waals surface area contributed by atoms with E-state index in [0.717, 1.165) is 34.9 Å². The van der Waals surface area contributed by atoms with Crippen LogP contribution in [0.1, 0.15) is 44.7 Å². The first kappa shape index (κ1) is 15.5. The van der Waals surface area contributed by atoms with Gasteiger partial charge in [-0.3, -0.25) is 0 Å². The third-order valence-electron chi connectivity index (χ3n) is 3.93. The molecule has 1 aromatic rings. The maximum absolute atomic E-state index is 6.44. The maximum Gasteiger partial charge on any atom is 0.162 e. The summed E-state index contributed by atoms with van der Waals surface area (Å²) in [5.41, 5.74) is 1.10. The van der Waals surface area contributed by atoms with Gasteiger partial charge in [0, 0.05) is 23.6 Å². The molecule has 4 heteroatoms. The van der Waals surface area contributed by atoms with Gasteiger partial charge >= 0.3 is 0 Å². The topological polar surface area (TPSA) is 30.5 Å². The number of hydrogen-bond donors (Lipinski definition) is 1. The van der Waals surface area contributed by atoms with E-state index in [1.54, 1.807) is 0 Å². The van der Waals surface area contributed by atoms with Gasteiger partial charge in [0.1, 0.15) is 0 Å². The summed E-state index contributed by atoms with van der Waals surface area (Å²) >= 11 is 6.44. The van der Waals surface area contributed by atoms with Crippen LogP contribution in [0.2, 0.25) is 5.02 Å². The van der Waals surface area contributed by atoms with E-state index in [1.165, 1.54) is 6.42 Å². The Morgan fingerprint density at radius 1 is 1.25 bits per heavy atom. The largest absolute Gasteiger partial charge is 0.490 e. The molecule has 0 bridgehead atoms. The van der Waals surface area contributed by atoms with Gasteiger partial charge < -0.3 is 14.8 Å². The molecule has 1 aliphatic heterocycles. The molecular weight excluding hydrogens is 274 g/mol. The van der Waals surface area contributed by atoms with Crippen molar-refractivity contribution in [3.63, 3.8) is 0 Å². The number of ether oxygens (including phenoxy) is 2. The third kappa shape index (κ3) is 3.58. The van der Waals surface area contributed by atoms with Crippen LogP contribution in [-0.2, 0) is 0 Å². The van der Waals surface area contributed by atoms with E-state index >= 15 is 0 Å². The van der Waals surface area contributed by atoms with Crippen LogP contribution in [0.3, 0.4) is 0 Å². The Labute approximate surface area is 126 Å². The second kappa shape index (κ2) is 7.19. The normalized spacial score (nSPS) is 17.4. The molecule has 20 heavy (non-hydrogen) atoms. The van der Waals surface area contributed by atoms with Crippen molar-refractivity contribution in [2.45, 2.75) is 39.2 Å². The molecule has 2 atom stereocenters. The molecule has 1 aromatic carbocycles. The molecule has 3 nitrogen and oxygen atoms in total. The van der Waals surface area contributed by atoms with Gasteiger partial charge in [-0.05, 0) is 31.0 Å². The Kier molecular flexibility index (Phi) is 5.55. The molecule has 0 fully saturated rings.